The molecule has 1 aliphatic heterocycles. The zero-order valence-electron chi connectivity index (χ0n) is 9.89. The first-order valence-corrected chi connectivity index (χ1v) is 6.98. The molecule has 0 aromatic heterocycles. The second-order valence-corrected chi connectivity index (χ2v) is 6.04. The molecular formula is C14H15BrFN. The van der Waals surface area contributed by atoms with Gasteiger partial charge in [0.15, 0.2) is 0 Å². The molecule has 1 nitrogen and oxygen atoms in total. The van der Waals surface area contributed by atoms with Crippen molar-refractivity contribution < 1.29 is 4.39 Å². The second-order valence-electron chi connectivity index (χ2n) is 5.12. The zero-order valence-corrected chi connectivity index (χ0v) is 11.5. The van der Waals surface area contributed by atoms with Gasteiger partial charge in [-0.2, -0.15) is 0 Å². The van der Waals surface area contributed by atoms with Crippen LogP contribution in [0.25, 0.3) is 0 Å². The van der Waals surface area contributed by atoms with Gasteiger partial charge in [-0.25, -0.2) is 4.39 Å². The van der Waals surface area contributed by atoms with E-state index in [1.54, 1.807) is 0 Å². The van der Waals surface area contributed by atoms with Gasteiger partial charge in [0.2, 0.25) is 0 Å². The summed E-state index contributed by atoms with van der Waals surface area (Å²) in [5.41, 5.74) is 2.80. The Morgan fingerprint density at radius 3 is 2.65 bits per heavy atom. The molecule has 1 heterocycles. The third kappa shape index (κ3) is 1.59. The molecule has 0 atom stereocenters. The minimum Gasteiger partial charge on any atom is -0.254 e. The molecule has 1 aliphatic carbocycles. The van der Waals surface area contributed by atoms with Gasteiger partial charge in [-0.15, -0.1) is 0 Å². The summed E-state index contributed by atoms with van der Waals surface area (Å²) >= 11 is 3.39. The van der Waals surface area contributed by atoms with Gasteiger partial charge in [0.25, 0.3) is 0 Å². The summed E-state index contributed by atoms with van der Waals surface area (Å²) in [5.74, 6) is -0.198. The Bertz CT molecular complexity index is 501. The fourth-order valence-electron chi connectivity index (χ4n) is 3.30. The number of halogens is 2. The van der Waals surface area contributed by atoms with Crippen LogP contribution in [-0.4, -0.2) is 5.71 Å². The van der Waals surface area contributed by atoms with Gasteiger partial charge in [0, 0.05) is 15.6 Å². The molecule has 17 heavy (non-hydrogen) atoms. The van der Waals surface area contributed by atoms with Crippen LogP contribution >= 0.6 is 15.9 Å². The number of nitrogens with zero attached hydrogens (tertiary/aromatic N) is 1. The maximum atomic E-state index is 13.9. The topological polar surface area (TPSA) is 12.4 Å². The zero-order chi connectivity index (χ0) is 12.0. The SMILES string of the molecule is CC1=Nc2c(F)cc(Br)cc2C12CCCCC2. The molecule has 0 saturated heterocycles. The van der Waals surface area contributed by atoms with Gasteiger partial charge >= 0.3 is 0 Å². The largest absolute Gasteiger partial charge is 0.254 e. The van der Waals surface area contributed by atoms with E-state index in [2.05, 4.69) is 33.9 Å². The van der Waals surface area contributed by atoms with Crippen molar-refractivity contribution in [2.75, 3.05) is 0 Å². The van der Waals surface area contributed by atoms with Crippen LogP contribution in [0, 0.1) is 5.82 Å². The number of hydrogen-bond donors (Lipinski definition) is 0. The molecule has 3 heteroatoms. The minimum atomic E-state index is -0.198. The van der Waals surface area contributed by atoms with Crippen molar-refractivity contribution in [3.05, 3.63) is 28.0 Å². The number of benzene rings is 1. The summed E-state index contributed by atoms with van der Waals surface area (Å²) in [6, 6.07) is 3.57. The van der Waals surface area contributed by atoms with E-state index < -0.39 is 0 Å². The van der Waals surface area contributed by atoms with E-state index in [4.69, 9.17) is 0 Å². The lowest BCUT2D eigenvalue weighted by molar-refractivity contribution is 0.384. The molecule has 0 radical (unpaired) electrons. The average molecular weight is 296 g/mol. The van der Waals surface area contributed by atoms with E-state index in [1.807, 2.05) is 0 Å². The predicted molar refractivity (Wildman–Crippen MR) is 71.6 cm³/mol. The standard InChI is InChI=1S/C14H15BrFN/c1-9-14(5-3-2-4-6-14)11-7-10(15)8-12(16)13(11)17-9/h7-8H,2-6H2,1H3. The number of rotatable bonds is 0. The summed E-state index contributed by atoms with van der Waals surface area (Å²) < 4.78 is 14.7. The van der Waals surface area contributed by atoms with E-state index in [1.165, 1.54) is 25.3 Å². The Morgan fingerprint density at radius 2 is 1.94 bits per heavy atom. The van der Waals surface area contributed by atoms with Gasteiger partial charge in [0.1, 0.15) is 11.5 Å². The molecule has 1 spiro atoms. The summed E-state index contributed by atoms with van der Waals surface area (Å²) in [4.78, 5) is 4.49. The van der Waals surface area contributed by atoms with Crippen LogP contribution in [0.4, 0.5) is 10.1 Å². The monoisotopic (exact) mass is 295 g/mol. The molecule has 1 aromatic carbocycles. The van der Waals surface area contributed by atoms with Gasteiger partial charge in [-0.1, -0.05) is 35.2 Å². The second kappa shape index (κ2) is 3.91. The third-order valence-corrected chi connectivity index (χ3v) is 4.68. The van der Waals surface area contributed by atoms with E-state index in [0.717, 1.165) is 28.6 Å². The predicted octanol–water partition coefficient (Wildman–Crippen LogP) is 4.90. The summed E-state index contributed by atoms with van der Waals surface area (Å²) in [7, 11) is 0. The fraction of sp³-hybridized carbons (Fsp3) is 0.500. The molecule has 3 rings (SSSR count). The lowest BCUT2D eigenvalue weighted by Crippen LogP contribution is -2.33. The molecular weight excluding hydrogens is 281 g/mol. The molecule has 0 unspecified atom stereocenters. The Labute approximate surface area is 109 Å². The fourth-order valence-corrected chi connectivity index (χ4v) is 3.73. The summed E-state index contributed by atoms with van der Waals surface area (Å²) in [5, 5.41) is 0. The number of fused-ring (bicyclic) bond motifs is 2. The van der Waals surface area contributed by atoms with Gasteiger partial charge in [-0.3, -0.25) is 4.99 Å². The summed E-state index contributed by atoms with van der Waals surface area (Å²) in [6.45, 7) is 2.05. The molecule has 1 fully saturated rings. The van der Waals surface area contributed by atoms with Gasteiger partial charge in [0.05, 0.1) is 0 Å². The van der Waals surface area contributed by atoms with Crippen molar-refractivity contribution in [1.82, 2.24) is 0 Å². The first-order chi connectivity index (χ1) is 8.13. The molecule has 0 amide bonds. The maximum absolute atomic E-state index is 13.9. The third-order valence-electron chi connectivity index (χ3n) is 4.22. The molecule has 90 valence electrons. The highest BCUT2D eigenvalue weighted by molar-refractivity contribution is 9.10. The first kappa shape index (κ1) is 11.4. The quantitative estimate of drug-likeness (QED) is 0.646. The molecule has 0 bridgehead atoms. The Hall–Kier alpha value is -0.700. The van der Waals surface area contributed by atoms with Crippen molar-refractivity contribution in [3.8, 4) is 0 Å². The number of aliphatic imine (C=N–C) groups is 1. The van der Waals surface area contributed by atoms with Crippen LogP contribution in [0.15, 0.2) is 21.6 Å². The van der Waals surface area contributed by atoms with Crippen LogP contribution in [-0.2, 0) is 5.41 Å². The van der Waals surface area contributed by atoms with Crippen molar-refractivity contribution in [3.63, 3.8) is 0 Å². The average Bonchev–Trinajstić information content (AvgIpc) is 2.56. The normalized spacial score (nSPS) is 21.5. The highest BCUT2D eigenvalue weighted by Crippen LogP contribution is 2.50. The number of hydrogen-bond acceptors (Lipinski definition) is 1. The lowest BCUT2D eigenvalue weighted by Gasteiger charge is -2.34. The Kier molecular flexibility index (Phi) is 2.62. The smallest absolute Gasteiger partial charge is 0.150 e. The van der Waals surface area contributed by atoms with Crippen LogP contribution < -0.4 is 0 Å². The molecule has 1 saturated carbocycles. The first-order valence-electron chi connectivity index (χ1n) is 6.19. The highest BCUT2D eigenvalue weighted by Gasteiger charge is 2.43. The summed E-state index contributed by atoms with van der Waals surface area (Å²) in [6.07, 6.45) is 5.97. The van der Waals surface area contributed by atoms with Crippen LogP contribution in [0.3, 0.4) is 0 Å². The van der Waals surface area contributed by atoms with E-state index in [-0.39, 0.29) is 11.2 Å². The molecule has 1 aromatic rings. The van der Waals surface area contributed by atoms with Crippen molar-refractivity contribution in [1.29, 1.82) is 0 Å². The Balaban J connectivity index is 2.19. The van der Waals surface area contributed by atoms with E-state index in [9.17, 15) is 4.39 Å². The van der Waals surface area contributed by atoms with Crippen LogP contribution in [0.1, 0.15) is 44.6 Å². The van der Waals surface area contributed by atoms with E-state index in [0.29, 0.717) is 5.69 Å². The van der Waals surface area contributed by atoms with Gasteiger partial charge < -0.3 is 0 Å². The van der Waals surface area contributed by atoms with Crippen molar-refractivity contribution in [2.24, 2.45) is 4.99 Å². The minimum absolute atomic E-state index is 0.0260. The van der Waals surface area contributed by atoms with Crippen LogP contribution in [0.5, 0.6) is 0 Å². The van der Waals surface area contributed by atoms with Gasteiger partial charge in [-0.05, 0) is 37.5 Å². The lowest BCUT2D eigenvalue weighted by atomic mass is 9.68. The van der Waals surface area contributed by atoms with Crippen molar-refractivity contribution >= 4 is 27.3 Å². The van der Waals surface area contributed by atoms with E-state index >= 15 is 0 Å². The highest BCUT2D eigenvalue weighted by atomic mass is 79.9. The maximum Gasteiger partial charge on any atom is 0.150 e. The van der Waals surface area contributed by atoms with Crippen LogP contribution in [0.2, 0.25) is 0 Å². The Morgan fingerprint density at radius 1 is 1.24 bits per heavy atom. The van der Waals surface area contributed by atoms with Crippen molar-refractivity contribution in [2.45, 2.75) is 44.4 Å². The molecule has 0 N–H and O–H groups in total. The molecule has 2 aliphatic rings.